The maximum absolute atomic E-state index is 6.15. The molecule has 0 bridgehead atoms. The molecule has 1 saturated heterocycles. The van der Waals surface area contributed by atoms with Gasteiger partial charge in [-0.1, -0.05) is 18.2 Å². The van der Waals surface area contributed by atoms with Gasteiger partial charge in [0, 0.05) is 24.8 Å². The minimum Gasteiger partial charge on any atom is -0.457 e. The second-order valence-corrected chi connectivity index (χ2v) is 8.19. The Morgan fingerprint density at radius 1 is 1.00 bits per heavy atom. The van der Waals surface area contributed by atoms with Crippen molar-refractivity contribution in [3.63, 3.8) is 0 Å². The highest BCUT2D eigenvalue weighted by Crippen LogP contribution is 2.34. The molecule has 0 saturated carbocycles. The van der Waals surface area contributed by atoms with Crippen molar-refractivity contribution in [2.75, 3.05) is 18.8 Å². The van der Waals surface area contributed by atoms with Crippen LogP contribution in [0.3, 0.4) is 0 Å². The van der Waals surface area contributed by atoms with E-state index in [9.17, 15) is 0 Å². The molecule has 2 aliphatic heterocycles. The van der Waals surface area contributed by atoms with Crippen LogP contribution in [-0.4, -0.2) is 29.6 Å². The summed E-state index contributed by atoms with van der Waals surface area (Å²) < 4.78 is 10.9. The molecule has 26 heavy (non-hydrogen) atoms. The minimum atomic E-state index is 0.425. The fraction of sp³-hybridized carbons (Fsp3) is 0.409. The summed E-state index contributed by atoms with van der Waals surface area (Å²) in [6.45, 7) is 8.66. The van der Waals surface area contributed by atoms with Crippen LogP contribution < -0.4 is 4.74 Å². The molecule has 2 aliphatic rings. The van der Waals surface area contributed by atoms with Crippen LogP contribution >= 0.6 is 11.9 Å². The van der Waals surface area contributed by atoms with Crippen molar-refractivity contribution in [1.82, 2.24) is 4.90 Å². The van der Waals surface area contributed by atoms with E-state index in [1.165, 1.54) is 40.9 Å². The number of fused-ring (bicyclic) bond motifs is 1. The molecule has 2 heterocycles. The first-order chi connectivity index (χ1) is 12.6. The molecule has 0 spiro atoms. The largest absolute Gasteiger partial charge is 0.457 e. The summed E-state index contributed by atoms with van der Waals surface area (Å²) >= 11 is 1.71. The van der Waals surface area contributed by atoms with Crippen molar-refractivity contribution in [2.45, 2.75) is 39.5 Å². The molecule has 1 atom stereocenters. The van der Waals surface area contributed by atoms with Crippen LogP contribution in [0, 0.1) is 20.8 Å². The molecule has 0 aromatic heterocycles. The van der Waals surface area contributed by atoms with Crippen molar-refractivity contribution < 1.29 is 4.74 Å². The summed E-state index contributed by atoms with van der Waals surface area (Å²) in [5.41, 5.74) is 5.09. The average molecular weight is 367 g/mol. The summed E-state index contributed by atoms with van der Waals surface area (Å²) in [6, 6.07) is 12.9. The summed E-state index contributed by atoms with van der Waals surface area (Å²) in [7, 11) is 0. The van der Waals surface area contributed by atoms with E-state index in [0.29, 0.717) is 5.92 Å². The first kappa shape index (κ1) is 17.5. The van der Waals surface area contributed by atoms with Gasteiger partial charge in [0.25, 0.3) is 0 Å². The van der Waals surface area contributed by atoms with Gasteiger partial charge in [-0.3, -0.25) is 0 Å². The Balaban J connectivity index is 1.54. The van der Waals surface area contributed by atoms with Crippen molar-refractivity contribution in [3.8, 4) is 11.5 Å². The lowest BCUT2D eigenvalue weighted by molar-refractivity contribution is 0.371. The first-order valence-electron chi connectivity index (χ1n) is 9.42. The quantitative estimate of drug-likeness (QED) is 0.657. The van der Waals surface area contributed by atoms with E-state index in [4.69, 9.17) is 9.13 Å². The number of benzene rings is 2. The Hall–Kier alpha value is -1.94. The molecular formula is C22H26N2OS. The van der Waals surface area contributed by atoms with Gasteiger partial charge in [-0.25, -0.2) is 4.40 Å². The van der Waals surface area contributed by atoms with E-state index in [2.05, 4.69) is 62.1 Å². The first-order valence-corrected chi connectivity index (χ1v) is 10.4. The highest BCUT2D eigenvalue weighted by atomic mass is 32.2. The maximum atomic E-state index is 6.15. The molecule has 3 nitrogen and oxygen atoms in total. The molecule has 0 amide bonds. The van der Waals surface area contributed by atoms with Crippen LogP contribution in [0.4, 0.5) is 0 Å². The molecule has 4 rings (SSSR count). The van der Waals surface area contributed by atoms with Gasteiger partial charge in [0.1, 0.15) is 17.3 Å². The number of hydrogen-bond donors (Lipinski definition) is 0. The lowest BCUT2D eigenvalue weighted by Crippen LogP contribution is -2.42. The number of rotatable bonds is 3. The normalized spacial score (nSPS) is 19.7. The molecule has 0 aliphatic carbocycles. The Morgan fingerprint density at radius 2 is 1.77 bits per heavy atom. The van der Waals surface area contributed by atoms with Crippen LogP contribution in [0.1, 0.15) is 41.0 Å². The van der Waals surface area contributed by atoms with E-state index >= 15 is 0 Å². The lowest BCUT2D eigenvalue weighted by atomic mass is 9.89. The number of ether oxygens (including phenoxy) is 1. The third-order valence-electron chi connectivity index (χ3n) is 5.47. The van der Waals surface area contributed by atoms with Gasteiger partial charge in [0.2, 0.25) is 0 Å². The molecular weight excluding hydrogens is 340 g/mol. The van der Waals surface area contributed by atoms with Gasteiger partial charge in [-0.2, -0.15) is 0 Å². The summed E-state index contributed by atoms with van der Waals surface area (Å²) in [5, 5.41) is 0. The van der Waals surface area contributed by atoms with E-state index in [0.717, 1.165) is 30.3 Å². The molecule has 0 unspecified atom stereocenters. The maximum Gasteiger partial charge on any atom is 0.130 e. The summed E-state index contributed by atoms with van der Waals surface area (Å²) in [6.07, 6.45) is 2.43. The van der Waals surface area contributed by atoms with Crippen LogP contribution in [0.2, 0.25) is 0 Å². The Kier molecular flexibility index (Phi) is 4.94. The van der Waals surface area contributed by atoms with Crippen molar-refractivity contribution in [1.29, 1.82) is 0 Å². The molecule has 4 heteroatoms. The highest BCUT2D eigenvalue weighted by Gasteiger charge is 2.29. The second kappa shape index (κ2) is 7.36. The smallest absolute Gasteiger partial charge is 0.130 e. The fourth-order valence-electron chi connectivity index (χ4n) is 3.82. The fourth-order valence-corrected chi connectivity index (χ4v) is 4.58. The van der Waals surface area contributed by atoms with Crippen molar-refractivity contribution in [2.24, 2.45) is 4.40 Å². The van der Waals surface area contributed by atoms with Gasteiger partial charge >= 0.3 is 0 Å². The molecule has 136 valence electrons. The van der Waals surface area contributed by atoms with E-state index < -0.39 is 0 Å². The van der Waals surface area contributed by atoms with Gasteiger partial charge in [0.15, 0.2) is 0 Å². The molecule has 2 aromatic rings. The zero-order chi connectivity index (χ0) is 18.1. The summed E-state index contributed by atoms with van der Waals surface area (Å²) in [5.74, 6) is 4.64. The van der Waals surface area contributed by atoms with Crippen LogP contribution in [0.5, 0.6) is 11.5 Å². The second-order valence-electron chi connectivity index (χ2n) is 7.34. The van der Waals surface area contributed by atoms with Gasteiger partial charge in [-0.15, -0.1) is 0 Å². The number of hydrogen-bond acceptors (Lipinski definition) is 4. The highest BCUT2D eigenvalue weighted by molar-refractivity contribution is 7.98. The van der Waals surface area contributed by atoms with Crippen LogP contribution in [0.25, 0.3) is 0 Å². The van der Waals surface area contributed by atoms with Gasteiger partial charge in [-0.05, 0) is 86.0 Å². The number of nitrogens with zero attached hydrogens (tertiary/aromatic N) is 2. The van der Waals surface area contributed by atoms with E-state index in [1.54, 1.807) is 11.9 Å². The predicted molar refractivity (Wildman–Crippen MR) is 111 cm³/mol. The topological polar surface area (TPSA) is 24.8 Å². The Morgan fingerprint density at radius 3 is 2.58 bits per heavy atom. The van der Waals surface area contributed by atoms with E-state index in [1.807, 2.05) is 0 Å². The van der Waals surface area contributed by atoms with Crippen LogP contribution in [-0.2, 0) is 0 Å². The monoisotopic (exact) mass is 366 g/mol. The SMILES string of the molecule is Cc1cc(C)c(Oc2ccc([C@@H]3CCCN4CCSN=C34)cc2)cc1C. The Bertz CT molecular complexity index is 829. The van der Waals surface area contributed by atoms with Gasteiger partial charge in [0.05, 0.1) is 0 Å². The minimum absolute atomic E-state index is 0.425. The number of amidine groups is 1. The van der Waals surface area contributed by atoms with Crippen molar-refractivity contribution in [3.05, 3.63) is 58.7 Å². The predicted octanol–water partition coefficient (Wildman–Crippen LogP) is 5.64. The number of piperidine rings is 1. The zero-order valence-electron chi connectivity index (χ0n) is 15.8. The summed E-state index contributed by atoms with van der Waals surface area (Å²) in [4.78, 5) is 2.47. The average Bonchev–Trinajstić information content (AvgIpc) is 2.66. The molecule has 0 radical (unpaired) electrons. The third kappa shape index (κ3) is 3.48. The van der Waals surface area contributed by atoms with Crippen LogP contribution in [0.15, 0.2) is 40.8 Å². The molecule has 1 fully saturated rings. The third-order valence-corrected chi connectivity index (χ3v) is 6.15. The Labute approximate surface area is 160 Å². The van der Waals surface area contributed by atoms with E-state index in [-0.39, 0.29) is 0 Å². The number of aryl methyl sites for hydroxylation is 3. The zero-order valence-corrected chi connectivity index (χ0v) is 16.6. The lowest BCUT2D eigenvalue weighted by Gasteiger charge is -2.37. The van der Waals surface area contributed by atoms with Crippen molar-refractivity contribution >= 4 is 17.8 Å². The molecule has 2 aromatic carbocycles. The standard InChI is InChI=1S/C22H26N2OS/c1-15-13-17(3)21(14-16(15)2)25-19-8-6-18(7-9-19)20-5-4-10-24-11-12-26-23-22(20)24/h6-9,13-14,20H,4-5,10-12H2,1-3H3/t20-/m0/s1. The van der Waals surface area contributed by atoms with Gasteiger partial charge < -0.3 is 9.64 Å². The molecule has 0 N–H and O–H groups in total.